The number of hydrogen-bond donors (Lipinski definition) is 4. The highest BCUT2D eigenvalue weighted by Crippen LogP contribution is 2.23. The van der Waals surface area contributed by atoms with Gasteiger partial charge in [0, 0.05) is 0 Å². The number of carbonyl (C=O) groups excluding carboxylic acids is 1. The Morgan fingerprint density at radius 1 is 1.20 bits per heavy atom. The maximum atomic E-state index is 11.0. The molecule has 90 valence electrons. The second-order valence-electron chi connectivity index (χ2n) is 3.59. The fraction of sp³-hybridized carbons (Fsp3) is 0.889. The van der Waals surface area contributed by atoms with E-state index in [0.29, 0.717) is 0 Å². The number of aliphatic hydroxyl groups is 4. The second kappa shape index (κ2) is 6.02. The van der Waals surface area contributed by atoms with Gasteiger partial charge in [0.05, 0.1) is 25.2 Å². The molecule has 0 aliphatic heterocycles. The lowest BCUT2D eigenvalue weighted by molar-refractivity contribution is -0.171. The Morgan fingerprint density at radius 3 is 1.87 bits per heavy atom. The van der Waals surface area contributed by atoms with Crippen LogP contribution in [0.3, 0.4) is 0 Å². The second-order valence-corrected chi connectivity index (χ2v) is 3.59. The van der Waals surface area contributed by atoms with Gasteiger partial charge in [-0.3, -0.25) is 0 Å². The largest absolute Gasteiger partial charge is 0.460 e. The Morgan fingerprint density at radius 2 is 1.60 bits per heavy atom. The molecule has 0 spiro atoms. The zero-order valence-corrected chi connectivity index (χ0v) is 8.88. The van der Waals surface area contributed by atoms with Crippen molar-refractivity contribution in [3.8, 4) is 0 Å². The van der Waals surface area contributed by atoms with E-state index in [1.165, 1.54) is 13.8 Å². The fourth-order valence-electron chi connectivity index (χ4n) is 0.933. The molecule has 2 atom stereocenters. The molecule has 0 fully saturated rings. The summed E-state index contributed by atoms with van der Waals surface area (Å²) in [5.41, 5.74) is -1.29. The third kappa shape index (κ3) is 3.42. The van der Waals surface area contributed by atoms with E-state index in [1.807, 2.05) is 0 Å². The number of hydrogen-bond acceptors (Lipinski definition) is 6. The summed E-state index contributed by atoms with van der Waals surface area (Å²) in [6.07, 6.45) is -2.17. The molecule has 0 aromatic heterocycles. The number of rotatable bonds is 6. The van der Waals surface area contributed by atoms with E-state index in [0.717, 1.165) is 0 Å². The molecule has 0 saturated carbocycles. The molecule has 0 heterocycles. The van der Waals surface area contributed by atoms with Crippen molar-refractivity contribution in [1.82, 2.24) is 0 Å². The number of esters is 1. The van der Waals surface area contributed by atoms with Crippen LogP contribution < -0.4 is 0 Å². The zero-order chi connectivity index (χ0) is 12.1. The van der Waals surface area contributed by atoms with E-state index < -0.39 is 43.4 Å². The van der Waals surface area contributed by atoms with Crippen LogP contribution in [0, 0.1) is 5.41 Å². The van der Waals surface area contributed by atoms with Crippen molar-refractivity contribution in [2.24, 2.45) is 5.41 Å². The van der Waals surface area contributed by atoms with Gasteiger partial charge >= 0.3 is 5.97 Å². The van der Waals surface area contributed by atoms with Gasteiger partial charge in [-0.15, -0.1) is 0 Å². The predicted molar refractivity (Wildman–Crippen MR) is 50.9 cm³/mol. The summed E-state index contributed by atoms with van der Waals surface area (Å²) in [6, 6.07) is 0. The van der Waals surface area contributed by atoms with Gasteiger partial charge in [0.1, 0.15) is 12.2 Å². The van der Waals surface area contributed by atoms with Crippen molar-refractivity contribution >= 4 is 5.97 Å². The van der Waals surface area contributed by atoms with Crippen LogP contribution in [0.2, 0.25) is 0 Å². The van der Waals surface area contributed by atoms with E-state index >= 15 is 0 Å². The first-order valence-corrected chi connectivity index (χ1v) is 4.64. The van der Waals surface area contributed by atoms with Gasteiger partial charge < -0.3 is 25.2 Å². The van der Waals surface area contributed by atoms with Crippen LogP contribution in [0.5, 0.6) is 0 Å². The first-order chi connectivity index (χ1) is 6.93. The molecule has 0 radical (unpaired) electrons. The molecule has 2 unspecified atom stereocenters. The Bertz CT molecular complexity index is 191. The minimum Gasteiger partial charge on any atom is -0.460 e. The quantitative estimate of drug-likeness (QED) is 0.397. The first-order valence-electron chi connectivity index (χ1n) is 4.64. The summed E-state index contributed by atoms with van der Waals surface area (Å²) in [4.78, 5) is 11.0. The normalized spacial score (nSPS) is 15.9. The van der Waals surface area contributed by atoms with E-state index in [-0.39, 0.29) is 0 Å². The average molecular weight is 222 g/mol. The van der Waals surface area contributed by atoms with Crippen molar-refractivity contribution < 1.29 is 30.0 Å². The lowest BCUT2D eigenvalue weighted by Crippen LogP contribution is -2.46. The molecule has 0 saturated heterocycles. The van der Waals surface area contributed by atoms with Crippen molar-refractivity contribution in [3.05, 3.63) is 0 Å². The Hall–Kier alpha value is -0.690. The molecule has 0 aromatic carbocycles. The maximum absolute atomic E-state index is 11.0. The number of carbonyl (C=O) groups is 1. The highest BCUT2D eigenvalue weighted by molar-refractivity contribution is 5.74. The van der Waals surface area contributed by atoms with Crippen molar-refractivity contribution in [3.63, 3.8) is 0 Å². The lowest BCUT2D eigenvalue weighted by atomic mass is 9.85. The van der Waals surface area contributed by atoms with Gasteiger partial charge in [-0.25, -0.2) is 4.79 Å². The van der Waals surface area contributed by atoms with Gasteiger partial charge in [-0.05, 0) is 13.8 Å². The summed E-state index contributed by atoms with van der Waals surface area (Å²) in [5, 5.41) is 36.0. The van der Waals surface area contributed by atoms with Gasteiger partial charge in [0.2, 0.25) is 0 Å². The molecule has 0 rings (SSSR count). The summed E-state index contributed by atoms with van der Waals surface area (Å²) in [5.74, 6) is -0.859. The van der Waals surface area contributed by atoms with E-state index in [9.17, 15) is 4.79 Å². The van der Waals surface area contributed by atoms with Crippen LogP contribution in [0.1, 0.15) is 13.8 Å². The monoisotopic (exact) mass is 222 g/mol. The summed E-state index contributed by atoms with van der Waals surface area (Å²) in [6.45, 7) is 1.12. The molecule has 15 heavy (non-hydrogen) atoms. The van der Waals surface area contributed by atoms with E-state index in [1.54, 1.807) is 0 Å². The SMILES string of the molecule is CC(O)C(=O)OC(C)C(CO)(CO)CO. The van der Waals surface area contributed by atoms with Crippen molar-refractivity contribution in [2.45, 2.75) is 26.1 Å². The first kappa shape index (κ1) is 14.3. The molecule has 0 bridgehead atoms. The zero-order valence-electron chi connectivity index (χ0n) is 8.88. The summed E-state index contributed by atoms with van der Waals surface area (Å²) >= 11 is 0. The minimum atomic E-state index is -1.29. The molecule has 6 heteroatoms. The Labute approximate surface area is 88.1 Å². The topological polar surface area (TPSA) is 107 Å². The van der Waals surface area contributed by atoms with E-state index in [4.69, 9.17) is 25.2 Å². The van der Waals surface area contributed by atoms with Gasteiger partial charge in [-0.1, -0.05) is 0 Å². The van der Waals surface area contributed by atoms with Crippen LogP contribution >= 0.6 is 0 Å². The fourth-order valence-corrected chi connectivity index (χ4v) is 0.933. The van der Waals surface area contributed by atoms with Crippen molar-refractivity contribution in [1.29, 1.82) is 0 Å². The van der Waals surface area contributed by atoms with Crippen LogP contribution in [0.15, 0.2) is 0 Å². The number of aliphatic hydroxyl groups excluding tert-OH is 4. The van der Waals surface area contributed by atoms with Crippen LogP contribution in [-0.2, 0) is 9.53 Å². The molecule has 0 aromatic rings. The number of ether oxygens (including phenoxy) is 1. The third-order valence-electron chi connectivity index (χ3n) is 2.44. The Kier molecular flexibility index (Phi) is 5.74. The van der Waals surface area contributed by atoms with Crippen LogP contribution in [-0.4, -0.2) is 58.4 Å². The highest BCUT2D eigenvalue weighted by Gasteiger charge is 2.37. The van der Waals surface area contributed by atoms with Crippen LogP contribution in [0.25, 0.3) is 0 Å². The minimum absolute atomic E-state index is 0.520. The maximum Gasteiger partial charge on any atom is 0.334 e. The smallest absolute Gasteiger partial charge is 0.334 e. The standard InChI is InChI=1S/C9H18O6/c1-6(13)8(14)15-7(2)9(3-10,4-11)5-12/h6-7,10-13H,3-5H2,1-2H3. The van der Waals surface area contributed by atoms with Crippen LogP contribution in [0.4, 0.5) is 0 Å². The molecule has 0 amide bonds. The Balaban J connectivity index is 4.51. The van der Waals surface area contributed by atoms with Gasteiger partial charge in [0.15, 0.2) is 0 Å². The van der Waals surface area contributed by atoms with Gasteiger partial charge in [-0.2, -0.15) is 0 Å². The summed E-state index contributed by atoms with van der Waals surface area (Å²) in [7, 11) is 0. The van der Waals surface area contributed by atoms with E-state index in [2.05, 4.69) is 0 Å². The molecular formula is C9H18O6. The highest BCUT2D eigenvalue weighted by atomic mass is 16.6. The lowest BCUT2D eigenvalue weighted by Gasteiger charge is -2.33. The molecule has 0 aliphatic rings. The molecule has 0 aliphatic carbocycles. The molecule has 6 nitrogen and oxygen atoms in total. The average Bonchev–Trinajstić information content (AvgIpc) is 2.21. The third-order valence-corrected chi connectivity index (χ3v) is 2.44. The predicted octanol–water partition coefficient (Wildman–Crippen LogP) is -1.74. The summed E-state index contributed by atoms with van der Waals surface area (Å²) < 4.78 is 4.78. The molecular weight excluding hydrogens is 204 g/mol. The van der Waals surface area contributed by atoms with Crippen molar-refractivity contribution in [2.75, 3.05) is 19.8 Å². The van der Waals surface area contributed by atoms with Gasteiger partial charge in [0.25, 0.3) is 0 Å². The molecule has 4 N–H and O–H groups in total.